The van der Waals surface area contributed by atoms with Gasteiger partial charge in [-0.3, -0.25) is 0 Å². The zero-order chi connectivity index (χ0) is 19.6. The van der Waals surface area contributed by atoms with Gasteiger partial charge in [-0.1, -0.05) is 23.7 Å². The van der Waals surface area contributed by atoms with E-state index in [0.29, 0.717) is 17.1 Å². The number of pyridine rings is 2. The molecule has 0 saturated carbocycles. The summed E-state index contributed by atoms with van der Waals surface area (Å²) in [5.41, 5.74) is 5.69. The van der Waals surface area contributed by atoms with Crippen LogP contribution < -0.4 is 10.5 Å². The second-order valence-electron chi connectivity index (χ2n) is 6.06. The standard InChI is InChI=1S/C18H19ClN4O3S/c1-12(2)26-17-10-9-13(11-21-17)14-5-3-6-15(19)23(14)27(24,25)18-8-4-7-16(20)22-18/h3-12,15H,1-2H3,(H2,20,22). The topological polar surface area (TPSA) is 98.4 Å². The molecule has 1 aliphatic heterocycles. The van der Waals surface area contributed by atoms with Crippen molar-refractivity contribution in [1.29, 1.82) is 0 Å². The van der Waals surface area contributed by atoms with Gasteiger partial charge in [-0.25, -0.2) is 14.3 Å². The number of hydrogen-bond acceptors (Lipinski definition) is 6. The zero-order valence-corrected chi connectivity index (χ0v) is 16.4. The van der Waals surface area contributed by atoms with E-state index in [0.717, 1.165) is 4.31 Å². The van der Waals surface area contributed by atoms with E-state index in [-0.39, 0.29) is 16.9 Å². The van der Waals surface area contributed by atoms with E-state index in [1.165, 1.54) is 18.2 Å². The highest BCUT2D eigenvalue weighted by molar-refractivity contribution is 7.89. The fraction of sp³-hybridized carbons (Fsp3) is 0.222. The normalized spacial score (nSPS) is 17.1. The molecule has 1 unspecified atom stereocenters. The van der Waals surface area contributed by atoms with Gasteiger partial charge >= 0.3 is 0 Å². The summed E-state index contributed by atoms with van der Waals surface area (Å²) in [5.74, 6) is 0.562. The molecule has 1 atom stereocenters. The van der Waals surface area contributed by atoms with E-state index in [9.17, 15) is 8.42 Å². The van der Waals surface area contributed by atoms with Crippen molar-refractivity contribution in [3.8, 4) is 5.88 Å². The maximum Gasteiger partial charge on any atom is 0.283 e. The fourth-order valence-corrected chi connectivity index (χ4v) is 4.46. The predicted molar refractivity (Wildman–Crippen MR) is 104 cm³/mol. The summed E-state index contributed by atoms with van der Waals surface area (Å²) < 4.78 is 32.9. The van der Waals surface area contributed by atoms with Crippen LogP contribution in [0.5, 0.6) is 5.88 Å². The lowest BCUT2D eigenvalue weighted by Crippen LogP contribution is -2.36. The summed E-state index contributed by atoms with van der Waals surface area (Å²) in [7, 11) is -4.03. The molecule has 0 spiro atoms. The zero-order valence-electron chi connectivity index (χ0n) is 14.8. The number of anilines is 1. The van der Waals surface area contributed by atoms with Crippen LogP contribution in [0.3, 0.4) is 0 Å². The molecule has 0 aromatic carbocycles. The molecule has 2 aromatic heterocycles. The van der Waals surface area contributed by atoms with Crippen molar-refractivity contribution < 1.29 is 13.2 Å². The van der Waals surface area contributed by atoms with Gasteiger partial charge in [0.1, 0.15) is 11.3 Å². The summed E-state index contributed by atoms with van der Waals surface area (Å²) in [6, 6.07) is 7.83. The van der Waals surface area contributed by atoms with Gasteiger partial charge < -0.3 is 10.5 Å². The lowest BCUT2D eigenvalue weighted by Gasteiger charge is -2.31. The molecule has 27 heavy (non-hydrogen) atoms. The number of ether oxygens (including phenoxy) is 1. The molecule has 9 heteroatoms. The number of allylic oxidation sites excluding steroid dienone is 2. The summed E-state index contributed by atoms with van der Waals surface area (Å²) >= 11 is 6.32. The largest absolute Gasteiger partial charge is 0.475 e. The molecule has 2 N–H and O–H groups in total. The second-order valence-corrected chi connectivity index (χ2v) is 8.27. The fourth-order valence-electron chi connectivity index (χ4n) is 2.53. The number of nitrogen functional groups attached to an aromatic ring is 1. The Labute approximate surface area is 163 Å². The van der Waals surface area contributed by atoms with Crippen LogP contribution in [0, 0.1) is 0 Å². The Kier molecular flexibility index (Phi) is 5.38. The van der Waals surface area contributed by atoms with Crippen molar-refractivity contribution in [2.24, 2.45) is 0 Å². The lowest BCUT2D eigenvalue weighted by molar-refractivity contribution is 0.232. The van der Waals surface area contributed by atoms with Crippen LogP contribution in [0.1, 0.15) is 19.4 Å². The predicted octanol–water partition coefficient (Wildman–Crippen LogP) is 3.01. The Balaban J connectivity index is 2.01. The number of sulfonamides is 1. The van der Waals surface area contributed by atoms with Gasteiger partial charge in [0.2, 0.25) is 5.88 Å². The molecule has 0 radical (unpaired) electrons. The molecule has 3 rings (SSSR count). The van der Waals surface area contributed by atoms with Gasteiger partial charge in [0.05, 0.1) is 11.8 Å². The molecule has 0 aliphatic carbocycles. The molecule has 0 saturated heterocycles. The minimum Gasteiger partial charge on any atom is -0.475 e. The monoisotopic (exact) mass is 406 g/mol. The van der Waals surface area contributed by atoms with E-state index in [1.807, 2.05) is 13.8 Å². The molecular formula is C18H19ClN4O3S. The molecule has 7 nitrogen and oxygen atoms in total. The van der Waals surface area contributed by atoms with Crippen LogP contribution in [0.15, 0.2) is 59.8 Å². The van der Waals surface area contributed by atoms with Crippen molar-refractivity contribution >= 4 is 33.1 Å². The molecule has 0 bridgehead atoms. The van der Waals surface area contributed by atoms with E-state index in [2.05, 4.69) is 9.97 Å². The van der Waals surface area contributed by atoms with Crippen molar-refractivity contribution in [3.63, 3.8) is 0 Å². The highest BCUT2D eigenvalue weighted by Crippen LogP contribution is 2.33. The van der Waals surface area contributed by atoms with Crippen LogP contribution >= 0.6 is 11.6 Å². The van der Waals surface area contributed by atoms with E-state index >= 15 is 0 Å². The SMILES string of the molecule is CC(C)Oc1ccc(C2=CC=CC(Cl)N2S(=O)(=O)c2cccc(N)n2)cn1. The number of alkyl halides is 1. The Morgan fingerprint density at radius 2 is 2.04 bits per heavy atom. The first kappa shape index (κ1) is 19.2. The van der Waals surface area contributed by atoms with Gasteiger partial charge in [0.25, 0.3) is 10.0 Å². The summed E-state index contributed by atoms with van der Waals surface area (Å²) in [5, 5.41) is -0.179. The highest BCUT2D eigenvalue weighted by atomic mass is 35.5. The third kappa shape index (κ3) is 4.06. The van der Waals surface area contributed by atoms with E-state index in [1.54, 1.807) is 36.6 Å². The number of nitrogens with two attached hydrogens (primary N) is 1. The van der Waals surface area contributed by atoms with Crippen LogP contribution in [0.2, 0.25) is 0 Å². The van der Waals surface area contributed by atoms with Crippen molar-refractivity contribution in [1.82, 2.24) is 14.3 Å². The molecule has 1 aliphatic rings. The first-order valence-corrected chi connectivity index (χ1v) is 10.1. The maximum absolute atomic E-state index is 13.1. The third-order valence-corrected chi connectivity index (χ3v) is 5.80. The summed E-state index contributed by atoms with van der Waals surface area (Å²) in [4.78, 5) is 8.17. The average Bonchev–Trinajstić information content (AvgIpc) is 2.61. The van der Waals surface area contributed by atoms with Gasteiger partial charge in [0.15, 0.2) is 5.03 Å². The number of rotatable bonds is 5. The smallest absolute Gasteiger partial charge is 0.283 e. The summed E-state index contributed by atoms with van der Waals surface area (Å²) in [6.45, 7) is 3.80. The van der Waals surface area contributed by atoms with Crippen LogP contribution in [0.4, 0.5) is 5.82 Å². The van der Waals surface area contributed by atoms with Gasteiger partial charge in [0, 0.05) is 17.8 Å². The third-order valence-electron chi connectivity index (χ3n) is 3.64. The molecule has 0 fully saturated rings. The Morgan fingerprint density at radius 3 is 2.67 bits per heavy atom. The quantitative estimate of drug-likeness (QED) is 0.605. The van der Waals surface area contributed by atoms with Gasteiger partial charge in [-0.05, 0) is 44.2 Å². The van der Waals surface area contributed by atoms with E-state index in [4.69, 9.17) is 22.1 Å². The minimum absolute atomic E-state index is 0.0149. The first-order valence-electron chi connectivity index (χ1n) is 8.21. The van der Waals surface area contributed by atoms with Crippen LogP contribution in [-0.2, 0) is 10.0 Å². The Hall–Kier alpha value is -2.58. The second kappa shape index (κ2) is 7.58. The Bertz CT molecular complexity index is 988. The van der Waals surface area contributed by atoms with Crippen molar-refractivity contribution in [2.75, 3.05) is 5.73 Å². The minimum atomic E-state index is -4.03. The maximum atomic E-state index is 13.1. The molecule has 0 amide bonds. The number of aromatic nitrogens is 2. The highest BCUT2D eigenvalue weighted by Gasteiger charge is 2.34. The Morgan fingerprint density at radius 1 is 1.26 bits per heavy atom. The van der Waals surface area contributed by atoms with Crippen LogP contribution in [-0.4, -0.2) is 34.3 Å². The molecule has 142 valence electrons. The number of hydrogen-bond donors (Lipinski definition) is 1. The lowest BCUT2D eigenvalue weighted by atomic mass is 10.1. The van der Waals surface area contributed by atoms with Gasteiger partial charge in [-0.15, -0.1) is 0 Å². The van der Waals surface area contributed by atoms with E-state index < -0.39 is 15.5 Å². The molecule has 3 heterocycles. The number of nitrogens with zero attached hydrogens (tertiary/aromatic N) is 3. The molecular weight excluding hydrogens is 388 g/mol. The molecule has 2 aromatic rings. The number of halogens is 1. The first-order chi connectivity index (χ1) is 12.8. The van der Waals surface area contributed by atoms with Crippen molar-refractivity contribution in [3.05, 3.63) is 60.3 Å². The van der Waals surface area contributed by atoms with Gasteiger partial charge in [-0.2, -0.15) is 8.42 Å². The van der Waals surface area contributed by atoms with Crippen LogP contribution in [0.25, 0.3) is 5.70 Å². The summed E-state index contributed by atoms with van der Waals surface area (Å²) in [6.07, 6.45) is 6.45. The van der Waals surface area contributed by atoms with Crippen molar-refractivity contribution in [2.45, 2.75) is 30.5 Å². The average molecular weight is 407 g/mol.